The van der Waals surface area contributed by atoms with Gasteiger partial charge in [0, 0.05) is 32.1 Å². The molecule has 1 aliphatic carbocycles. The molecule has 0 aromatic carbocycles. The molecule has 5 heteroatoms. The van der Waals surface area contributed by atoms with E-state index in [-0.39, 0.29) is 0 Å². The standard InChI is InChI=1S/C19H36N2O2S/c1-2-13-24(22)21-10-5-16(6-11-21)15-23-12-7-18-14-19(18)17-3-8-20-9-4-17/h16-20H,2-15H2,1H3/t18-,19-,24?/m1/s1. The fraction of sp³-hybridized carbons (Fsp3) is 1.00. The van der Waals surface area contributed by atoms with Crippen LogP contribution in [0.1, 0.15) is 51.9 Å². The van der Waals surface area contributed by atoms with Gasteiger partial charge in [-0.1, -0.05) is 6.92 Å². The van der Waals surface area contributed by atoms with Crippen molar-refractivity contribution in [2.75, 3.05) is 45.1 Å². The van der Waals surface area contributed by atoms with E-state index in [0.717, 1.165) is 69.1 Å². The number of ether oxygens (including phenoxy) is 1. The lowest BCUT2D eigenvalue weighted by atomic mass is 9.91. The van der Waals surface area contributed by atoms with Gasteiger partial charge in [0.25, 0.3) is 0 Å². The van der Waals surface area contributed by atoms with Crippen molar-refractivity contribution in [3.8, 4) is 0 Å². The summed E-state index contributed by atoms with van der Waals surface area (Å²) in [6.45, 7) is 8.40. The second-order valence-electron chi connectivity index (χ2n) is 8.01. The molecule has 2 heterocycles. The summed E-state index contributed by atoms with van der Waals surface area (Å²) in [4.78, 5) is 0. The number of rotatable bonds is 9. The van der Waals surface area contributed by atoms with E-state index in [1.807, 2.05) is 0 Å². The molecule has 1 N–H and O–H groups in total. The molecule has 1 saturated carbocycles. The average molecular weight is 357 g/mol. The third-order valence-corrected chi connectivity index (χ3v) is 7.89. The van der Waals surface area contributed by atoms with E-state index in [9.17, 15) is 4.21 Å². The Morgan fingerprint density at radius 2 is 1.92 bits per heavy atom. The van der Waals surface area contributed by atoms with E-state index in [1.54, 1.807) is 0 Å². The maximum absolute atomic E-state index is 12.0. The first-order valence-corrected chi connectivity index (χ1v) is 11.5. The van der Waals surface area contributed by atoms with Crippen molar-refractivity contribution in [3.63, 3.8) is 0 Å². The summed E-state index contributed by atoms with van der Waals surface area (Å²) in [5.41, 5.74) is 0. The summed E-state index contributed by atoms with van der Waals surface area (Å²) in [7, 11) is -0.745. The first kappa shape index (κ1) is 18.8. The van der Waals surface area contributed by atoms with Gasteiger partial charge >= 0.3 is 0 Å². The molecule has 0 bridgehead atoms. The van der Waals surface area contributed by atoms with Crippen molar-refractivity contribution in [3.05, 3.63) is 0 Å². The van der Waals surface area contributed by atoms with Gasteiger partial charge in [0.15, 0.2) is 0 Å². The first-order valence-electron chi connectivity index (χ1n) is 10.2. The molecule has 140 valence electrons. The van der Waals surface area contributed by atoms with Crippen LogP contribution in [0.5, 0.6) is 0 Å². The highest BCUT2D eigenvalue weighted by Gasteiger charge is 2.42. The molecule has 3 aliphatic rings. The maximum atomic E-state index is 12.0. The Kier molecular flexibility index (Phi) is 7.56. The Balaban J connectivity index is 1.22. The van der Waals surface area contributed by atoms with Crippen LogP contribution >= 0.6 is 0 Å². The molecule has 1 unspecified atom stereocenters. The van der Waals surface area contributed by atoms with Crippen LogP contribution in [0, 0.1) is 23.7 Å². The van der Waals surface area contributed by atoms with Crippen LogP contribution in [-0.2, 0) is 15.7 Å². The molecule has 2 aliphatic heterocycles. The Hall–Kier alpha value is 0.0300. The van der Waals surface area contributed by atoms with E-state index in [0.29, 0.717) is 5.92 Å². The van der Waals surface area contributed by atoms with Crippen molar-refractivity contribution >= 4 is 11.0 Å². The predicted octanol–water partition coefficient (Wildman–Crippen LogP) is 2.81. The van der Waals surface area contributed by atoms with Crippen LogP contribution in [0.15, 0.2) is 0 Å². The zero-order valence-corrected chi connectivity index (χ0v) is 16.2. The minimum absolute atomic E-state index is 0.680. The first-order chi connectivity index (χ1) is 11.8. The summed E-state index contributed by atoms with van der Waals surface area (Å²) in [5, 5.41) is 3.47. The molecule has 3 fully saturated rings. The molecule has 0 radical (unpaired) electrons. The maximum Gasteiger partial charge on any atom is 0.0942 e. The Bertz CT molecular complexity index is 393. The van der Waals surface area contributed by atoms with Crippen LogP contribution in [0.25, 0.3) is 0 Å². The van der Waals surface area contributed by atoms with Crippen molar-refractivity contribution in [2.24, 2.45) is 23.7 Å². The molecule has 0 amide bonds. The third-order valence-electron chi connectivity index (χ3n) is 6.19. The topological polar surface area (TPSA) is 41.6 Å². The Labute approximate surface area is 150 Å². The van der Waals surface area contributed by atoms with E-state index >= 15 is 0 Å². The Morgan fingerprint density at radius 1 is 1.17 bits per heavy atom. The van der Waals surface area contributed by atoms with E-state index in [1.165, 1.54) is 38.8 Å². The molecule has 0 aromatic heterocycles. The quantitative estimate of drug-likeness (QED) is 0.646. The SMILES string of the molecule is CCCS(=O)N1CCC(COCC[C@@H]2C[C@@H]2C2CCNCC2)CC1. The molecule has 24 heavy (non-hydrogen) atoms. The van der Waals surface area contributed by atoms with Gasteiger partial charge in [-0.15, -0.1) is 0 Å². The van der Waals surface area contributed by atoms with Crippen LogP contribution < -0.4 is 5.32 Å². The van der Waals surface area contributed by atoms with Gasteiger partial charge in [0.2, 0.25) is 0 Å². The van der Waals surface area contributed by atoms with Crippen molar-refractivity contribution < 1.29 is 8.95 Å². The molecule has 0 aromatic rings. The number of hydrogen-bond donors (Lipinski definition) is 1. The third kappa shape index (κ3) is 5.52. The summed E-state index contributed by atoms with van der Waals surface area (Å²) >= 11 is 0. The highest BCUT2D eigenvalue weighted by Crippen LogP contribution is 2.49. The van der Waals surface area contributed by atoms with Gasteiger partial charge in [-0.2, -0.15) is 0 Å². The van der Waals surface area contributed by atoms with Crippen LogP contribution in [0.3, 0.4) is 0 Å². The monoisotopic (exact) mass is 356 g/mol. The van der Waals surface area contributed by atoms with E-state index in [4.69, 9.17) is 4.74 Å². The number of nitrogens with one attached hydrogen (secondary N) is 1. The van der Waals surface area contributed by atoms with E-state index in [2.05, 4.69) is 16.5 Å². The van der Waals surface area contributed by atoms with E-state index < -0.39 is 11.0 Å². The molecule has 2 saturated heterocycles. The van der Waals surface area contributed by atoms with Crippen LogP contribution in [0.2, 0.25) is 0 Å². The van der Waals surface area contributed by atoms with Gasteiger partial charge < -0.3 is 10.1 Å². The van der Waals surface area contributed by atoms with Gasteiger partial charge in [-0.3, -0.25) is 0 Å². The predicted molar refractivity (Wildman–Crippen MR) is 100 cm³/mol. The second-order valence-corrected chi connectivity index (χ2v) is 9.58. The highest BCUT2D eigenvalue weighted by atomic mass is 32.2. The minimum Gasteiger partial charge on any atom is -0.381 e. The van der Waals surface area contributed by atoms with Crippen LogP contribution in [0.4, 0.5) is 0 Å². The molecular formula is C19H36N2O2S. The zero-order chi connectivity index (χ0) is 16.8. The van der Waals surface area contributed by atoms with Gasteiger partial charge in [0.1, 0.15) is 0 Å². The summed E-state index contributed by atoms with van der Waals surface area (Å²) < 4.78 is 20.2. The highest BCUT2D eigenvalue weighted by molar-refractivity contribution is 7.82. The Morgan fingerprint density at radius 3 is 2.62 bits per heavy atom. The zero-order valence-electron chi connectivity index (χ0n) is 15.4. The summed E-state index contributed by atoms with van der Waals surface area (Å²) in [6, 6.07) is 0. The minimum atomic E-state index is -0.745. The number of hydrogen-bond acceptors (Lipinski definition) is 3. The molecule has 0 spiro atoms. The largest absolute Gasteiger partial charge is 0.381 e. The second kappa shape index (κ2) is 9.65. The van der Waals surface area contributed by atoms with Gasteiger partial charge in [-0.25, -0.2) is 8.51 Å². The van der Waals surface area contributed by atoms with Crippen molar-refractivity contribution in [1.82, 2.24) is 9.62 Å². The lowest BCUT2D eigenvalue weighted by molar-refractivity contribution is 0.0750. The molecular weight excluding hydrogens is 320 g/mol. The lowest BCUT2D eigenvalue weighted by Crippen LogP contribution is -2.37. The smallest absolute Gasteiger partial charge is 0.0942 e. The number of piperidine rings is 2. The van der Waals surface area contributed by atoms with Gasteiger partial charge in [-0.05, 0) is 81.7 Å². The molecule has 4 nitrogen and oxygen atoms in total. The lowest BCUT2D eigenvalue weighted by Gasteiger charge is -2.30. The number of nitrogens with zero attached hydrogens (tertiary/aromatic N) is 1. The van der Waals surface area contributed by atoms with Crippen LogP contribution in [-0.4, -0.2) is 53.7 Å². The molecule has 3 atom stereocenters. The summed E-state index contributed by atoms with van der Waals surface area (Å²) in [5.74, 6) is 4.45. The van der Waals surface area contributed by atoms with Crippen molar-refractivity contribution in [1.29, 1.82) is 0 Å². The fourth-order valence-corrected chi connectivity index (χ4v) is 5.75. The van der Waals surface area contributed by atoms with Crippen molar-refractivity contribution in [2.45, 2.75) is 51.9 Å². The fourth-order valence-electron chi connectivity index (χ4n) is 4.52. The average Bonchev–Trinajstić information content (AvgIpc) is 3.40. The summed E-state index contributed by atoms with van der Waals surface area (Å²) in [6.07, 6.45) is 8.81. The normalized spacial score (nSPS) is 31.2. The van der Waals surface area contributed by atoms with Gasteiger partial charge in [0.05, 0.1) is 11.0 Å². The molecule has 3 rings (SSSR count).